The van der Waals surface area contributed by atoms with Gasteiger partial charge in [0, 0.05) is 26.7 Å². The first kappa shape index (κ1) is 30.6. The van der Waals surface area contributed by atoms with E-state index in [9.17, 15) is 10.1 Å². The lowest BCUT2D eigenvalue weighted by molar-refractivity contribution is 0.0740. The number of ether oxygens (including phenoxy) is 4. The predicted molar refractivity (Wildman–Crippen MR) is 176 cm³/mol. The number of carbonyl (C=O) groups excluding carboxylic acids is 1. The van der Waals surface area contributed by atoms with Gasteiger partial charge in [-0.1, -0.05) is 65.1 Å². The van der Waals surface area contributed by atoms with Crippen molar-refractivity contribution < 1.29 is 23.7 Å². The Morgan fingerprint density at radius 1 is 1.00 bits per heavy atom. The monoisotopic (exact) mass is 676 g/mol. The quantitative estimate of drug-likeness (QED) is 0.129. The molecule has 7 nitrogen and oxygen atoms in total. The molecule has 0 amide bonds. The Morgan fingerprint density at radius 3 is 2.53 bits per heavy atom. The number of hydrogen-bond donors (Lipinski definition) is 1. The Bertz CT molecular complexity index is 2020. The molecule has 5 aromatic rings. The first-order chi connectivity index (χ1) is 21.8. The lowest BCUT2D eigenvalue weighted by atomic mass is 9.83. The van der Waals surface area contributed by atoms with E-state index in [4.69, 9.17) is 59.5 Å². The second-order valence-corrected chi connectivity index (χ2v) is 12.2. The predicted octanol–water partition coefficient (Wildman–Crippen LogP) is 9.28. The van der Waals surface area contributed by atoms with E-state index in [2.05, 4.69) is 6.07 Å². The van der Waals surface area contributed by atoms with Gasteiger partial charge < -0.3 is 24.7 Å². The third kappa shape index (κ3) is 6.13. The molecule has 1 atom stereocenters. The van der Waals surface area contributed by atoms with Gasteiger partial charge in [0.25, 0.3) is 0 Å². The summed E-state index contributed by atoms with van der Waals surface area (Å²) in [6, 6.07) is 25.3. The summed E-state index contributed by atoms with van der Waals surface area (Å²) in [5, 5.41) is 12.0. The van der Waals surface area contributed by atoms with Crippen LogP contribution < -0.4 is 24.7 Å². The van der Waals surface area contributed by atoms with Crippen molar-refractivity contribution >= 4 is 62.2 Å². The van der Waals surface area contributed by atoms with Crippen LogP contribution in [0.15, 0.2) is 90.3 Å². The van der Waals surface area contributed by atoms with Gasteiger partial charge in [0.1, 0.15) is 34.6 Å². The van der Waals surface area contributed by atoms with Gasteiger partial charge in [0.05, 0.1) is 22.6 Å². The third-order valence-electron chi connectivity index (χ3n) is 7.10. The number of nitriles is 1. The standard InChI is InChI=1S/C34H23Cl3N2O5S/c1-2-41-27-14-19(8-13-25(27)42-17-18-6-9-20(35)10-7-18)29-22-12-11-21(15-26(22)44-33(39)23(29)16-38)43-34(40)32-31(37)30-24(36)4-3-5-28(30)45-32/h3-15,29H,2,17,39H2,1H3. The minimum atomic E-state index is -0.638. The van der Waals surface area contributed by atoms with Gasteiger partial charge in [-0.3, -0.25) is 0 Å². The molecule has 4 aromatic carbocycles. The number of esters is 1. The van der Waals surface area contributed by atoms with E-state index >= 15 is 0 Å². The van der Waals surface area contributed by atoms with Crippen molar-refractivity contribution in [2.24, 2.45) is 5.73 Å². The molecular weight excluding hydrogens is 655 g/mol. The zero-order valence-electron chi connectivity index (χ0n) is 23.6. The number of carbonyl (C=O) groups is 1. The molecule has 0 bridgehead atoms. The number of halogens is 3. The maximum Gasteiger partial charge on any atom is 0.355 e. The van der Waals surface area contributed by atoms with Crippen LogP contribution in [0, 0.1) is 11.3 Å². The summed E-state index contributed by atoms with van der Waals surface area (Å²) in [7, 11) is 0. The first-order valence-electron chi connectivity index (χ1n) is 13.7. The maximum absolute atomic E-state index is 13.1. The van der Waals surface area contributed by atoms with Gasteiger partial charge >= 0.3 is 5.97 Å². The Kier molecular flexibility index (Phi) is 8.79. The van der Waals surface area contributed by atoms with Crippen LogP contribution in [0.1, 0.15) is 39.2 Å². The summed E-state index contributed by atoms with van der Waals surface area (Å²) in [6.07, 6.45) is 0. The molecule has 1 aliphatic heterocycles. The van der Waals surface area contributed by atoms with E-state index in [1.54, 1.807) is 48.5 Å². The topological polar surface area (TPSA) is 104 Å². The molecule has 0 saturated heterocycles. The Balaban J connectivity index is 1.29. The largest absolute Gasteiger partial charge is 0.490 e. The van der Waals surface area contributed by atoms with Gasteiger partial charge in [-0.15, -0.1) is 11.3 Å². The average molecular weight is 678 g/mol. The van der Waals surface area contributed by atoms with E-state index in [1.165, 1.54) is 11.3 Å². The summed E-state index contributed by atoms with van der Waals surface area (Å²) in [5.74, 6) is 0.343. The van der Waals surface area contributed by atoms with Crippen molar-refractivity contribution in [1.29, 1.82) is 5.26 Å². The van der Waals surface area contributed by atoms with Crippen LogP contribution in [-0.2, 0) is 6.61 Å². The van der Waals surface area contributed by atoms with Crippen LogP contribution in [0.5, 0.6) is 23.0 Å². The Hall–Kier alpha value is -4.39. The summed E-state index contributed by atoms with van der Waals surface area (Å²) in [4.78, 5) is 13.4. The summed E-state index contributed by atoms with van der Waals surface area (Å²) >= 11 is 20.0. The summed E-state index contributed by atoms with van der Waals surface area (Å²) < 4.78 is 24.3. The zero-order valence-corrected chi connectivity index (χ0v) is 26.7. The number of thiophene rings is 1. The van der Waals surface area contributed by atoms with Crippen molar-refractivity contribution in [2.75, 3.05) is 6.61 Å². The molecule has 45 heavy (non-hydrogen) atoms. The van der Waals surface area contributed by atoms with Gasteiger partial charge in [-0.05, 0) is 60.5 Å². The second kappa shape index (κ2) is 12.9. The fourth-order valence-electron chi connectivity index (χ4n) is 5.03. The smallest absolute Gasteiger partial charge is 0.355 e. The number of allylic oxidation sites excluding steroid dienone is 1. The Labute approximate surface area is 277 Å². The lowest BCUT2D eigenvalue weighted by Crippen LogP contribution is -2.21. The molecule has 0 saturated carbocycles. The molecule has 0 aliphatic carbocycles. The molecule has 0 radical (unpaired) electrons. The maximum atomic E-state index is 13.1. The number of nitrogens with two attached hydrogens (primary N) is 1. The van der Waals surface area contributed by atoms with Crippen LogP contribution in [-0.4, -0.2) is 12.6 Å². The molecule has 1 aromatic heterocycles. The highest BCUT2D eigenvalue weighted by Gasteiger charge is 2.32. The van der Waals surface area contributed by atoms with Crippen LogP contribution in [0.25, 0.3) is 10.1 Å². The van der Waals surface area contributed by atoms with Crippen LogP contribution in [0.2, 0.25) is 15.1 Å². The van der Waals surface area contributed by atoms with E-state index in [1.807, 2.05) is 37.3 Å². The van der Waals surface area contributed by atoms with Crippen LogP contribution in [0.4, 0.5) is 0 Å². The average Bonchev–Trinajstić information content (AvgIpc) is 3.38. The van der Waals surface area contributed by atoms with Gasteiger partial charge in [-0.25, -0.2) is 4.79 Å². The highest BCUT2D eigenvalue weighted by molar-refractivity contribution is 7.21. The zero-order chi connectivity index (χ0) is 31.7. The van der Waals surface area contributed by atoms with Crippen molar-refractivity contribution in [3.8, 4) is 29.1 Å². The highest BCUT2D eigenvalue weighted by atomic mass is 35.5. The van der Waals surface area contributed by atoms with Crippen molar-refractivity contribution in [1.82, 2.24) is 0 Å². The minimum absolute atomic E-state index is 0.0540. The van der Waals surface area contributed by atoms with Crippen molar-refractivity contribution in [3.63, 3.8) is 0 Å². The van der Waals surface area contributed by atoms with E-state index in [0.717, 1.165) is 15.8 Å². The molecule has 2 N–H and O–H groups in total. The van der Waals surface area contributed by atoms with E-state index < -0.39 is 11.9 Å². The van der Waals surface area contributed by atoms with E-state index in [-0.39, 0.29) is 27.1 Å². The second-order valence-electron chi connectivity index (χ2n) is 9.93. The first-order valence-corrected chi connectivity index (χ1v) is 15.7. The molecule has 2 heterocycles. The molecule has 226 valence electrons. The SMILES string of the molecule is CCOc1cc(C2C(C#N)=C(N)Oc3cc(OC(=O)c4sc5cccc(Cl)c5c4Cl)ccc32)ccc1OCc1ccc(Cl)cc1. The van der Waals surface area contributed by atoms with E-state index in [0.29, 0.717) is 51.5 Å². The number of hydrogen-bond acceptors (Lipinski definition) is 8. The fraction of sp³-hybridized carbons (Fsp3) is 0.118. The number of rotatable bonds is 8. The van der Waals surface area contributed by atoms with Crippen molar-refractivity contribution in [3.05, 3.63) is 127 Å². The number of benzene rings is 4. The molecule has 11 heteroatoms. The van der Waals surface area contributed by atoms with Crippen molar-refractivity contribution in [2.45, 2.75) is 19.4 Å². The molecule has 0 spiro atoms. The highest BCUT2D eigenvalue weighted by Crippen LogP contribution is 2.46. The molecule has 6 rings (SSSR count). The number of nitrogens with zero attached hydrogens (tertiary/aromatic N) is 1. The molecular formula is C34H23Cl3N2O5S. The fourth-order valence-corrected chi connectivity index (χ4v) is 6.98. The summed E-state index contributed by atoms with van der Waals surface area (Å²) in [6.45, 7) is 2.59. The van der Waals surface area contributed by atoms with Gasteiger partial charge in [0.2, 0.25) is 5.88 Å². The lowest BCUT2D eigenvalue weighted by Gasteiger charge is -2.27. The molecule has 1 aliphatic rings. The summed E-state index contributed by atoms with van der Waals surface area (Å²) in [5.41, 5.74) is 8.81. The Morgan fingerprint density at radius 2 is 1.80 bits per heavy atom. The number of fused-ring (bicyclic) bond motifs is 2. The molecule has 1 unspecified atom stereocenters. The normalized spacial score (nSPS) is 14.0. The van der Waals surface area contributed by atoms with Gasteiger partial charge in [0.15, 0.2) is 11.5 Å². The van der Waals surface area contributed by atoms with Crippen LogP contribution in [0.3, 0.4) is 0 Å². The minimum Gasteiger partial charge on any atom is -0.490 e. The molecule has 0 fully saturated rings. The van der Waals surface area contributed by atoms with Gasteiger partial charge in [-0.2, -0.15) is 5.26 Å². The van der Waals surface area contributed by atoms with Crippen LogP contribution >= 0.6 is 46.1 Å². The third-order valence-corrected chi connectivity index (χ3v) is 9.29.